The summed E-state index contributed by atoms with van der Waals surface area (Å²) in [5.41, 5.74) is 1.54. The van der Waals surface area contributed by atoms with Crippen LogP contribution in [0.3, 0.4) is 0 Å². The third kappa shape index (κ3) is 1.85. The summed E-state index contributed by atoms with van der Waals surface area (Å²) in [5, 5.41) is 6.81. The zero-order valence-corrected chi connectivity index (χ0v) is 8.19. The standard InChI is InChI=1S/C10H14N2O2/c1-7-4-8(2-3-14-7)10-5-9(6-13)11-12-10/h5-8H,2-4H2,1H3,(H,11,12). The molecule has 2 unspecified atom stereocenters. The van der Waals surface area contributed by atoms with Gasteiger partial charge in [0.2, 0.25) is 0 Å². The van der Waals surface area contributed by atoms with Gasteiger partial charge in [0.25, 0.3) is 0 Å². The van der Waals surface area contributed by atoms with Crippen molar-refractivity contribution in [3.63, 3.8) is 0 Å². The number of carbonyl (C=O) groups excluding carboxylic acids is 1. The number of aromatic amines is 1. The zero-order chi connectivity index (χ0) is 9.97. The quantitative estimate of drug-likeness (QED) is 0.726. The average molecular weight is 194 g/mol. The predicted octanol–water partition coefficient (Wildman–Crippen LogP) is 1.50. The number of nitrogens with one attached hydrogen (secondary N) is 1. The number of carbonyl (C=O) groups is 1. The molecule has 2 heterocycles. The van der Waals surface area contributed by atoms with E-state index in [0.717, 1.165) is 31.4 Å². The largest absolute Gasteiger partial charge is 0.378 e. The van der Waals surface area contributed by atoms with Crippen LogP contribution in [0.2, 0.25) is 0 Å². The van der Waals surface area contributed by atoms with Crippen LogP contribution in [0, 0.1) is 0 Å². The van der Waals surface area contributed by atoms with Gasteiger partial charge in [0, 0.05) is 18.2 Å². The smallest absolute Gasteiger partial charge is 0.170 e. The van der Waals surface area contributed by atoms with E-state index >= 15 is 0 Å². The van der Waals surface area contributed by atoms with Crippen LogP contribution in [0.1, 0.15) is 41.9 Å². The molecule has 1 N–H and O–H groups in total. The van der Waals surface area contributed by atoms with Crippen LogP contribution >= 0.6 is 0 Å². The number of rotatable bonds is 2. The van der Waals surface area contributed by atoms with Gasteiger partial charge in [0.15, 0.2) is 6.29 Å². The van der Waals surface area contributed by atoms with Gasteiger partial charge in [-0.05, 0) is 25.8 Å². The van der Waals surface area contributed by atoms with Crippen LogP contribution in [0.15, 0.2) is 6.07 Å². The lowest BCUT2D eigenvalue weighted by Gasteiger charge is -2.26. The first-order valence-corrected chi connectivity index (χ1v) is 4.91. The minimum absolute atomic E-state index is 0.303. The number of aromatic nitrogens is 2. The minimum atomic E-state index is 0.303. The molecule has 0 aromatic carbocycles. The summed E-state index contributed by atoms with van der Waals surface area (Å²) < 4.78 is 5.46. The summed E-state index contributed by atoms with van der Waals surface area (Å²) in [6, 6.07) is 1.83. The van der Waals surface area contributed by atoms with Crippen molar-refractivity contribution in [2.45, 2.75) is 31.8 Å². The Morgan fingerprint density at radius 3 is 3.21 bits per heavy atom. The third-order valence-corrected chi connectivity index (χ3v) is 2.66. The van der Waals surface area contributed by atoms with Crippen molar-refractivity contribution in [2.24, 2.45) is 0 Å². The van der Waals surface area contributed by atoms with Gasteiger partial charge in [-0.3, -0.25) is 9.89 Å². The second kappa shape index (κ2) is 3.92. The lowest BCUT2D eigenvalue weighted by atomic mass is 9.93. The van der Waals surface area contributed by atoms with Crippen molar-refractivity contribution in [1.82, 2.24) is 10.2 Å². The third-order valence-electron chi connectivity index (χ3n) is 2.66. The van der Waals surface area contributed by atoms with Gasteiger partial charge in [-0.2, -0.15) is 5.10 Å². The first kappa shape index (κ1) is 9.40. The molecule has 1 aromatic heterocycles. The fourth-order valence-electron chi connectivity index (χ4n) is 1.90. The topological polar surface area (TPSA) is 55.0 Å². The van der Waals surface area contributed by atoms with Gasteiger partial charge < -0.3 is 4.74 Å². The molecule has 4 nitrogen and oxygen atoms in total. The van der Waals surface area contributed by atoms with E-state index in [9.17, 15) is 4.79 Å². The number of hydrogen-bond acceptors (Lipinski definition) is 3. The summed E-state index contributed by atoms with van der Waals surface area (Å²) >= 11 is 0. The van der Waals surface area contributed by atoms with Crippen molar-refractivity contribution in [2.75, 3.05) is 6.61 Å². The lowest BCUT2D eigenvalue weighted by molar-refractivity contribution is 0.0180. The summed E-state index contributed by atoms with van der Waals surface area (Å²) in [6.07, 6.45) is 3.07. The maximum atomic E-state index is 10.5. The molecular formula is C10H14N2O2. The number of nitrogens with zero attached hydrogens (tertiary/aromatic N) is 1. The average Bonchev–Trinajstić information content (AvgIpc) is 2.66. The predicted molar refractivity (Wildman–Crippen MR) is 51.4 cm³/mol. The van der Waals surface area contributed by atoms with Crippen molar-refractivity contribution < 1.29 is 9.53 Å². The molecule has 1 aliphatic rings. The first-order chi connectivity index (χ1) is 6.79. The van der Waals surface area contributed by atoms with E-state index in [1.807, 2.05) is 6.07 Å². The first-order valence-electron chi connectivity index (χ1n) is 4.91. The van der Waals surface area contributed by atoms with Crippen molar-refractivity contribution >= 4 is 6.29 Å². The molecule has 0 saturated carbocycles. The Labute approximate surface area is 82.7 Å². The fourth-order valence-corrected chi connectivity index (χ4v) is 1.90. The SMILES string of the molecule is CC1CC(c2cc(C=O)n[nH]2)CCO1. The lowest BCUT2D eigenvalue weighted by Crippen LogP contribution is -2.21. The Bertz CT molecular complexity index is 322. The van der Waals surface area contributed by atoms with Crippen LogP contribution in [0.5, 0.6) is 0 Å². The van der Waals surface area contributed by atoms with Gasteiger partial charge in [0.05, 0.1) is 6.10 Å². The summed E-state index contributed by atoms with van der Waals surface area (Å²) in [5.74, 6) is 0.458. The molecule has 1 saturated heterocycles. The van der Waals surface area contributed by atoms with Crippen molar-refractivity contribution in [1.29, 1.82) is 0 Å². The normalized spacial score (nSPS) is 27.5. The van der Waals surface area contributed by atoms with Gasteiger partial charge in [0.1, 0.15) is 5.69 Å². The molecule has 0 spiro atoms. The highest BCUT2D eigenvalue weighted by Gasteiger charge is 2.22. The summed E-state index contributed by atoms with van der Waals surface area (Å²) in [6.45, 7) is 2.87. The van der Waals surface area contributed by atoms with Gasteiger partial charge in [-0.25, -0.2) is 0 Å². The molecular weight excluding hydrogens is 180 g/mol. The molecule has 1 aromatic rings. The van der Waals surface area contributed by atoms with E-state index in [0.29, 0.717) is 17.7 Å². The Balaban J connectivity index is 2.09. The molecule has 0 radical (unpaired) electrons. The number of aldehydes is 1. The monoisotopic (exact) mass is 194 g/mol. The Kier molecular flexibility index (Phi) is 2.63. The molecule has 0 aliphatic carbocycles. The van der Waals surface area contributed by atoms with E-state index in [-0.39, 0.29) is 0 Å². The second-order valence-electron chi connectivity index (χ2n) is 3.77. The van der Waals surface area contributed by atoms with E-state index < -0.39 is 0 Å². The Hall–Kier alpha value is -1.16. The highest BCUT2D eigenvalue weighted by atomic mass is 16.5. The van der Waals surface area contributed by atoms with Crippen molar-refractivity contribution in [3.8, 4) is 0 Å². The van der Waals surface area contributed by atoms with E-state index in [1.165, 1.54) is 0 Å². The van der Waals surface area contributed by atoms with Crippen LogP contribution in [0.4, 0.5) is 0 Å². The van der Waals surface area contributed by atoms with Crippen molar-refractivity contribution in [3.05, 3.63) is 17.5 Å². The highest BCUT2D eigenvalue weighted by Crippen LogP contribution is 2.28. The molecule has 2 rings (SSSR count). The molecule has 0 amide bonds. The molecule has 76 valence electrons. The minimum Gasteiger partial charge on any atom is -0.378 e. The molecule has 2 atom stereocenters. The number of H-pyrrole nitrogens is 1. The fraction of sp³-hybridized carbons (Fsp3) is 0.600. The van der Waals surface area contributed by atoms with Gasteiger partial charge >= 0.3 is 0 Å². The second-order valence-corrected chi connectivity index (χ2v) is 3.77. The van der Waals surface area contributed by atoms with Crippen LogP contribution in [-0.4, -0.2) is 29.2 Å². The Morgan fingerprint density at radius 1 is 1.71 bits per heavy atom. The van der Waals surface area contributed by atoms with Gasteiger partial charge in [-0.15, -0.1) is 0 Å². The zero-order valence-electron chi connectivity index (χ0n) is 8.19. The highest BCUT2D eigenvalue weighted by molar-refractivity contribution is 5.71. The number of hydrogen-bond donors (Lipinski definition) is 1. The molecule has 0 bridgehead atoms. The molecule has 1 aliphatic heterocycles. The van der Waals surface area contributed by atoms with Gasteiger partial charge in [-0.1, -0.05) is 0 Å². The van der Waals surface area contributed by atoms with Crippen LogP contribution in [0.25, 0.3) is 0 Å². The van der Waals surface area contributed by atoms with E-state index in [2.05, 4.69) is 17.1 Å². The van der Waals surface area contributed by atoms with Crippen LogP contribution < -0.4 is 0 Å². The Morgan fingerprint density at radius 2 is 2.57 bits per heavy atom. The van der Waals surface area contributed by atoms with E-state index in [1.54, 1.807) is 0 Å². The summed E-state index contributed by atoms with van der Waals surface area (Å²) in [7, 11) is 0. The van der Waals surface area contributed by atoms with E-state index in [4.69, 9.17) is 4.74 Å². The maximum absolute atomic E-state index is 10.5. The summed E-state index contributed by atoms with van der Waals surface area (Å²) in [4.78, 5) is 10.5. The maximum Gasteiger partial charge on any atom is 0.170 e. The number of ether oxygens (including phenoxy) is 1. The molecule has 14 heavy (non-hydrogen) atoms. The van der Waals surface area contributed by atoms with Crippen LogP contribution in [-0.2, 0) is 4.74 Å². The molecule has 1 fully saturated rings. The molecule has 4 heteroatoms.